The molecule has 1 heterocycles. The molecule has 3 rings (SSSR count). The van der Waals surface area contributed by atoms with Crippen molar-refractivity contribution in [1.82, 2.24) is 20.1 Å². The van der Waals surface area contributed by atoms with Crippen LogP contribution in [0.25, 0.3) is 0 Å². The average molecular weight is 478 g/mol. The molecule has 1 aromatic heterocycles. The zero-order valence-electron chi connectivity index (χ0n) is 20.1. The van der Waals surface area contributed by atoms with Crippen LogP contribution in [0, 0.1) is 13.8 Å². The van der Waals surface area contributed by atoms with Gasteiger partial charge in [-0.25, -0.2) is 0 Å². The quantitative estimate of drug-likeness (QED) is 0.321. The van der Waals surface area contributed by atoms with E-state index in [9.17, 15) is 9.59 Å². The highest BCUT2D eigenvalue weighted by atomic mass is 32.2. The first kappa shape index (κ1) is 25.2. The summed E-state index contributed by atoms with van der Waals surface area (Å²) in [6.07, 6.45) is 2.58. The number of thioether (sulfide) groups is 1. The van der Waals surface area contributed by atoms with Gasteiger partial charge in [0, 0.05) is 17.8 Å². The molecule has 34 heavy (non-hydrogen) atoms. The van der Waals surface area contributed by atoms with E-state index < -0.39 is 0 Å². The van der Waals surface area contributed by atoms with Gasteiger partial charge in [0.05, 0.1) is 11.8 Å². The molecule has 0 saturated carbocycles. The van der Waals surface area contributed by atoms with E-state index >= 15 is 0 Å². The molecule has 0 aliphatic rings. The summed E-state index contributed by atoms with van der Waals surface area (Å²) in [5.41, 5.74) is 4.69. The number of hydrogen-bond donors (Lipinski definition) is 2. The van der Waals surface area contributed by atoms with Crippen molar-refractivity contribution in [1.29, 1.82) is 0 Å². The second-order valence-corrected chi connectivity index (χ2v) is 9.04. The van der Waals surface area contributed by atoms with E-state index in [1.54, 1.807) is 18.2 Å². The molecule has 0 bridgehead atoms. The molecule has 0 unspecified atom stereocenters. The van der Waals surface area contributed by atoms with Crippen LogP contribution in [-0.2, 0) is 17.8 Å². The number of carbonyl (C=O) groups excluding carboxylic acids is 2. The Bertz CT molecular complexity index is 1170. The Kier molecular flexibility index (Phi) is 8.65. The van der Waals surface area contributed by atoms with Crippen molar-refractivity contribution in [3.8, 4) is 0 Å². The second-order valence-electron chi connectivity index (χ2n) is 8.10. The summed E-state index contributed by atoms with van der Waals surface area (Å²) in [5.74, 6) is 0.510. The minimum Gasteiger partial charge on any atom is -0.342 e. The minimum atomic E-state index is -0.372. The van der Waals surface area contributed by atoms with Gasteiger partial charge >= 0.3 is 0 Å². The smallest absolute Gasteiger partial charge is 0.251 e. The number of benzene rings is 2. The largest absolute Gasteiger partial charge is 0.342 e. The zero-order valence-corrected chi connectivity index (χ0v) is 20.9. The molecule has 0 aliphatic carbocycles. The molecule has 178 valence electrons. The topological polar surface area (TPSA) is 88.9 Å². The molecule has 7 nitrogen and oxygen atoms in total. The van der Waals surface area contributed by atoms with Gasteiger partial charge in [-0.3, -0.25) is 9.59 Å². The van der Waals surface area contributed by atoms with Crippen molar-refractivity contribution < 1.29 is 9.59 Å². The Morgan fingerprint density at radius 2 is 1.88 bits per heavy atom. The fourth-order valence-electron chi connectivity index (χ4n) is 3.58. The van der Waals surface area contributed by atoms with Gasteiger partial charge in [0.2, 0.25) is 5.91 Å². The summed E-state index contributed by atoms with van der Waals surface area (Å²) < 4.78 is 1.87. The molecule has 0 aliphatic heterocycles. The first-order valence-corrected chi connectivity index (χ1v) is 12.2. The van der Waals surface area contributed by atoms with Crippen molar-refractivity contribution in [2.24, 2.45) is 0 Å². The first-order valence-electron chi connectivity index (χ1n) is 11.3. The van der Waals surface area contributed by atoms with Crippen LogP contribution in [0.5, 0.6) is 0 Å². The third-order valence-corrected chi connectivity index (χ3v) is 6.41. The number of hydrogen-bond acceptors (Lipinski definition) is 5. The molecule has 1 atom stereocenters. The monoisotopic (exact) mass is 477 g/mol. The van der Waals surface area contributed by atoms with E-state index in [2.05, 4.69) is 34.3 Å². The number of anilines is 1. The Balaban J connectivity index is 1.68. The van der Waals surface area contributed by atoms with Crippen LogP contribution in [0.15, 0.2) is 60.3 Å². The van der Waals surface area contributed by atoms with Crippen LogP contribution in [0.2, 0.25) is 0 Å². The molecular weight excluding hydrogens is 446 g/mol. The Hall–Kier alpha value is -3.39. The number of allylic oxidation sites excluding steroid dienone is 1. The van der Waals surface area contributed by atoms with Gasteiger partial charge in [-0.15, -0.1) is 16.8 Å². The third-order valence-electron chi connectivity index (χ3n) is 5.44. The van der Waals surface area contributed by atoms with E-state index in [0.717, 1.165) is 28.8 Å². The maximum Gasteiger partial charge on any atom is 0.251 e. The normalized spacial score (nSPS) is 11.6. The van der Waals surface area contributed by atoms with Gasteiger partial charge in [-0.2, -0.15) is 0 Å². The molecular formula is C26H31N5O2S. The van der Waals surface area contributed by atoms with Gasteiger partial charge in [0.1, 0.15) is 0 Å². The average Bonchev–Trinajstić information content (AvgIpc) is 3.22. The van der Waals surface area contributed by atoms with Gasteiger partial charge in [-0.05, 0) is 50.5 Å². The summed E-state index contributed by atoms with van der Waals surface area (Å²) in [6.45, 7) is 12.2. The number of nitrogens with zero attached hydrogens (tertiary/aromatic N) is 3. The number of aromatic nitrogens is 3. The van der Waals surface area contributed by atoms with Crippen molar-refractivity contribution in [2.75, 3.05) is 11.1 Å². The maximum absolute atomic E-state index is 12.7. The molecule has 3 aromatic rings. The second kappa shape index (κ2) is 11.7. The number of para-hydroxylation sites is 1. The summed E-state index contributed by atoms with van der Waals surface area (Å²) in [6, 6.07) is 13.0. The van der Waals surface area contributed by atoms with Crippen LogP contribution in [0.4, 0.5) is 5.69 Å². The lowest BCUT2D eigenvalue weighted by molar-refractivity contribution is -0.113. The number of nitrogens with one attached hydrogen (secondary N) is 2. The Morgan fingerprint density at radius 3 is 2.56 bits per heavy atom. The van der Waals surface area contributed by atoms with Gasteiger partial charge < -0.3 is 15.2 Å². The van der Waals surface area contributed by atoms with Gasteiger partial charge in [0.15, 0.2) is 11.0 Å². The minimum absolute atomic E-state index is 0.107. The molecule has 0 radical (unpaired) electrons. The van der Waals surface area contributed by atoms with Crippen molar-refractivity contribution in [3.05, 3.63) is 83.2 Å². The van der Waals surface area contributed by atoms with Crippen molar-refractivity contribution in [2.45, 2.75) is 51.9 Å². The lowest BCUT2D eigenvalue weighted by Gasteiger charge is -2.15. The summed E-state index contributed by atoms with van der Waals surface area (Å²) in [7, 11) is 0. The molecule has 2 aromatic carbocycles. The van der Waals surface area contributed by atoms with Gasteiger partial charge in [0.25, 0.3) is 5.91 Å². The lowest BCUT2D eigenvalue weighted by Crippen LogP contribution is -2.28. The predicted molar refractivity (Wildman–Crippen MR) is 137 cm³/mol. The third kappa shape index (κ3) is 6.14. The first-order chi connectivity index (χ1) is 16.3. The van der Waals surface area contributed by atoms with Crippen LogP contribution >= 0.6 is 11.8 Å². The highest BCUT2D eigenvalue weighted by molar-refractivity contribution is 7.99. The van der Waals surface area contributed by atoms with E-state index in [4.69, 9.17) is 0 Å². The molecule has 2 N–H and O–H groups in total. The molecule has 2 amide bonds. The number of rotatable bonds is 10. The Morgan fingerprint density at radius 1 is 1.15 bits per heavy atom. The molecule has 8 heteroatoms. The SMILES string of the molecule is C=CCn1c(SCC(=O)Nc2c(C)cccc2CC)nnc1[C@H](C)NC(=O)c1ccc(C)cc1. The predicted octanol–water partition coefficient (Wildman–Crippen LogP) is 4.87. The van der Waals surface area contributed by atoms with Crippen LogP contribution in [0.1, 0.15) is 52.8 Å². The van der Waals surface area contributed by atoms with E-state index in [0.29, 0.717) is 23.1 Å². The fraction of sp³-hybridized carbons (Fsp3) is 0.308. The van der Waals surface area contributed by atoms with Crippen LogP contribution in [0.3, 0.4) is 0 Å². The molecule has 0 fully saturated rings. The molecule has 0 saturated heterocycles. The highest BCUT2D eigenvalue weighted by Crippen LogP contribution is 2.24. The van der Waals surface area contributed by atoms with Crippen LogP contribution < -0.4 is 10.6 Å². The number of carbonyl (C=O) groups is 2. The maximum atomic E-state index is 12.7. The summed E-state index contributed by atoms with van der Waals surface area (Å²) >= 11 is 1.31. The fourth-order valence-corrected chi connectivity index (χ4v) is 4.34. The van der Waals surface area contributed by atoms with Crippen LogP contribution in [-0.4, -0.2) is 32.3 Å². The summed E-state index contributed by atoms with van der Waals surface area (Å²) in [4.78, 5) is 25.3. The lowest BCUT2D eigenvalue weighted by atomic mass is 10.1. The van der Waals surface area contributed by atoms with Crippen molar-refractivity contribution >= 4 is 29.3 Å². The summed E-state index contributed by atoms with van der Waals surface area (Å²) in [5, 5.41) is 15.2. The van der Waals surface area contributed by atoms with E-state index in [-0.39, 0.29) is 23.6 Å². The van der Waals surface area contributed by atoms with Crippen molar-refractivity contribution in [3.63, 3.8) is 0 Å². The molecule has 0 spiro atoms. The standard InChI is InChI=1S/C26H31N5O2S/c1-6-15-31-24(19(5)27-25(33)21-13-11-17(3)12-14-21)29-30-26(31)34-16-22(32)28-23-18(4)9-8-10-20(23)7-2/h6,8-14,19H,1,7,15-16H2,2-5H3,(H,27,33)(H,28,32)/t19-/m0/s1. The highest BCUT2D eigenvalue weighted by Gasteiger charge is 2.20. The zero-order chi connectivity index (χ0) is 24.7. The number of amides is 2. The van der Waals surface area contributed by atoms with Gasteiger partial charge in [-0.1, -0.05) is 60.7 Å². The number of aryl methyl sites for hydroxylation is 3. The van der Waals surface area contributed by atoms with E-state index in [1.807, 2.05) is 55.7 Å². The van der Waals surface area contributed by atoms with E-state index in [1.165, 1.54) is 11.8 Å². The Labute approximate surface area is 205 Å².